The number of likely N-dealkylation sites (N-methyl/N-ethyl adjacent to an activating group) is 1. The van der Waals surface area contributed by atoms with Crippen LogP contribution in [0.4, 0.5) is 4.79 Å². The second-order valence-electron chi connectivity index (χ2n) is 20.2. The fourth-order valence-corrected chi connectivity index (χ4v) is 11.2. The molecule has 0 spiro atoms. The quantitative estimate of drug-likeness (QED) is 0.0664. The van der Waals surface area contributed by atoms with Crippen molar-refractivity contribution < 1.29 is 57.1 Å². The molecule has 6 rings (SSSR count). The van der Waals surface area contributed by atoms with E-state index in [4.69, 9.17) is 32.8 Å². The Labute approximate surface area is 407 Å². The normalized spacial score (nSPS) is 34.7. The molecule has 3 aliphatic heterocycles. The van der Waals surface area contributed by atoms with Gasteiger partial charge in [-0.2, -0.15) is 0 Å². The number of ether oxygens (including phenoxy) is 6. The highest BCUT2D eigenvalue weighted by Crippen LogP contribution is 2.45. The number of carbonyl (C=O) groups excluding carboxylic acids is 4. The van der Waals surface area contributed by atoms with Crippen LogP contribution in [0.25, 0.3) is 11.3 Å². The van der Waals surface area contributed by atoms with Crippen LogP contribution < -0.4 is 0 Å². The van der Waals surface area contributed by atoms with E-state index in [1.165, 1.54) is 7.11 Å². The maximum atomic E-state index is 15.1. The highest BCUT2D eigenvalue weighted by atomic mass is 16.7. The molecular weight excluding hydrogens is 887 g/mol. The molecule has 17 nitrogen and oxygen atoms in total. The third kappa shape index (κ3) is 11.6. The van der Waals surface area contributed by atoms with Gasteiger partial charge < -0.3 is 47.4 Å². The number of imidazole rings is 1. The largest absolute Gasteiger partial charge is 0.472 e. The predicted octanol–water partition coefficient (Wildman–Crippen LogP) is 7.05. The van der Waals surface area contributed by atoms with E-state index in [-0.39, 0.29) is 37.7 Å². The molecule has 380 valence electrons. The number of aromatic nitrogens is 3. The lowest BCUT2D eigenvalue weighted by molar-refractivity contribution is -0.358. The van der Waals surface area contributed by atoms with Crippen molar-refractivity contribution in [1.29, 1.82) is 0 Å². The Morgan fingerprint density at radius 1 is 1.07 bits per heavy atom. The molecule has 3 aromatic rings. The molecule has 0 radical (unpaired) electrons. The molecule has 3 aromatic heterocycles. The van der Waals surface area contributed by atoms with E-state index in [9.17, 15) is 19.5 Å². The van der Waals surface area contributed by atoms with Crippen molar-refractivity contribution in [1.82, 2.24) is 24.3 Å². The van der Waals surface area contributed by atoms with Crippen molar-refractivity contribution in [2.75, 3.05) is 27.2 Å². The van der Waals surface area contributed by atoms with Crippen LogP contribution in [0.5, 0.6) is 0 Å². The van der Waals surface area contributed by atoms with Crippen LogP contribution in [0.2, 0.25) is 0 Å². The average Bonchev–Trinajstić information content (AvgIpc) is 4.08. The van der Waals surface area contributed by atoms with Gasteiger partial charge in [0, 0.05) is 74.7 Å². The number of furan rings is 1. The third-order valence-electron chi connectivity index (χ3n) is 14.9. The second-order valence-corrected chi connectivity index (χ2v) is 20.2. The van der Waals surface area contributed by atoms with Gasteiger partial charge in [-0.15, -0.1) is 6.58 Å². The van der Waals surface area contributed by atoms with E-state index in [0.29, 0.717) is 37.9 Å². The van der Waals surface area contributed by atoms with Gasteiger partial charge in [-0.25, -0.2) is 9.78 Å². The zero-order chi connectivity index (χ0) is 50.4. The smallest absolute Gasteiger partial charge is 0.410 e. The van der Waals surface area contributed by atoms with Crippen LogP contribution in [0.15, 0.2) is 72.7 Å². The highest BCUT2D eigenvalue weighted by Gasteiger charge is 2.61. The standard InChI is InChI=1S/C52H75N5O12/c1-13-21-55(11)40-25-33(4)67-52(10,46(40)60)68-47-35(6)44(66-42(58)26-37-18-17-20-53-28-37)36(7)48(61)65-41(14-2)51(9)45(34(5)43(59)32(3)27-50(47,8)63-12)57(49(62)69-51)23-16-15-22-56-29-39(54-31-56)38-19-24-64-30-38/h13,17-20,24,28-36,40-41,44-47,60H,1,14-16,21-23,25-27H2,2-12H3/t32-,33-,34+,35+,36-,40+,41-,44?,45-,46-,47-,50-,51-,52+/m1/s1. The summed E-state index contributed by atoms with van der Waals surface area (Å²) in [6, 6.07) is 4.09. The monoisotopic (exact) mass is 962 g/mol. The molecule has 6 heterocycles. The Kier molecular flexibility index (Phi) is 17.4. The number of aliphatic hydroxyl groups excluding tert-OH is 1. The van der Waals surface area contributed by atoms with Crippen molar-refractivity contribution in [3.63, 3.8) is 0 Å². The summed E-state index contributed by atoms with van der Waals surface area (Å²) in [5.74, 6) is -6.59. The molecule has 3 saturated heterocycles. The maximum absolute atomic E-state index is 15.1. The fourth-order valence-electron chi connectivity index (χ4n) is 11.2. The topological polar surface area (TPSA) is 194 Å². The van der Waals surface area contributed by atoms with Gasteiger partial charge in [0.2, 0.25) is 0 Å². The molecule has 1 amide bonds. The number of rotatable bonds is 16. The van der Waals surface area contributed by atoms with E-state index in [2.05, 4.69) is 16.5 Å². The van der Waals surface area contributed by atoms with Gasteiger partial charge in [-0.1, -0.05) is 39.8 Å². The number of pyridine rings is 1. The average molecular weight is 962 g/mol. The Hall–Kier alpha value is -4.94. The Morgan fingerprint density at radius 3 is 2.46 bits per heavy atom. The van der Waals surface area contributed by atoms with Gasteiger partial charge in [0.05, 0.1) is 60.7 Å². The first-order chi connectivity index (χ1) is 32.7. The Bertz CT molecular complexity index is 2200. The number of unbranched alkanes of at least 4 members (excludes halogenated alkanes) is 1. The third-order valence-corrected chi connectivity index (χ3v) is 14.9. The number of nitrogens with zero attached hydrogens (tertiary/aromatic N) is 5. The van der Waals surface area contributed by atoms with Gasteiger partial charge >= 0.3 is 18.0 Å². The van der Waals surface area contributed by atoms with Gasteiger partial charge in [0.15, 0.2) is 11.4 Å². The van der Waals surface area contributed by atoms with Crippen molar-refractivity contribution in [3.05, 3.63) is 73.9 Å². The summed E-state index contributed by atoms with van der Waals surface area (Å²) in [6.07, 6.45) is 8.41. The molecule has 3 aliphatic rings. The number of hydrogen-bond acceptors (Lipinski definition) is 15. The lowest BCUT2D eigenvalue weighted by Crippen LogP contribution is -2.65. The number of aliphatic hydroxyl groups is 1. The maximum Gasteiger partial charge on any atom is 0.410 e. The molecule has 14 atom stereocenters. The summed E-state index contributed by atoms with van der Waals surface area (Å²) in [7, 11) is 3.42. The van der Waals surface area contributed by atoms with E-state index in [1.54, 1.807) is 89.0 Å². The lowest BCUT2D eigenvalue weighted by Gasteiger charge is -2.52. The molecule has 1 N–H and O–H groups in total. The Morgan fingerprint density at radius 2 is 1.81 bits per heavy atom. The van der Waals surface area contributed by atoms with Crippen LogP contribution in [0, 0.1) is 23.7 Å². The number of cyclic esters (lactones) is 1. The molecule has 0 aromatic carbocycles. The van der Waals surface area contributed by atoms with Crippen LogP contribution in [-0.4, -0.2) is 140 Å². The minimum absolute atomic E-state index is 0.0968. The molecule has 0 bridgehead atoms. The number of amides is 1. The number of esters is 2. The molecule has 1 unspecified atom stereocenters. The van der Waals surface area contributed by atoms with E-state index < -0.39 is 95.2 Å². The van der Waals surface area contributed by atoms with Gasteiger partial charge in [-0.3, -0.25) is 24.3 Å². The van der Waals surface area contributed by atoms with Crippen LogP contribution >= 0.6 is 0 Å². The number of Topliss-reactive ketones (excluding diaryl/α,β-unsaturated/α-hetero) is 1. The number of ketones is 1. The number of carbonyl (C=O) groups is 4. The van der Waals surface area contributed by atoms with Crippen molar-refractivity contribution in [2.45, 2.75) is 167 Å². The summed E-state index contributed by atoms with van der Waals surface area (Å²) in [4.78, 5) is 70.3. The first kappa shape index (κ1) is 53.4. The van der Waals surface area contributed by atoms with E-state index >= 15 is 4.79 Å². The summed E-state index contributed by atoms with van der Waals surface area (Å²) < 4.78 is 46.4. The highest BCUT2D eigenvalue weighted by molar-refractivity contribution is 5.85. The van der Waals surface area contributed by atoms with Crippen molar-refractivity contribution in [2.24, 2.45) is 23.7 Å². The minimum Gasteiger partial charge on any atom is -0.472 e. The van der Waals surface area contributed by atoms with Gasteiger partial charge in [0.1, 0.15) is 24.1 Å². The Balaban J connectivity index is 1.37. The van der Waals surface area contributed by atoms with Crippen molar-refractivity contribution in [3.8, 4) is 11.3 Å². The molecule has 69 heavy (non-hydrogen) atoms. The molecule has 3 fully saturated rings. The van der Waals surface area contributed by atoms with Gasteiger partial charge in [0.25, 0.3) is 0 Å². The summed E-state index contributed by atoms with van der Waals surface area (Å²) >= 11 is 0. The molecule has 17 heteroatoms. The minimum atomic E-state index is -1.65. The molecule has 0 aliphatic carbocycles. The zero-order valence-electron chi connectivity index (χ0n) is 42.4. The first-order valence-electron chi connectivity index (χ1n) is 24.5. The summed E-state index contributed by atoms with van der Waals surface area (Å²) in [5, 5.41) is 12.2. The van der Waals surface area contributed by atoms with Crippen LogP contribution in [-0.2, 0) is 55.8 Å². The van der Waals surface area contributed by atoms with Crippen molar-refractivity contribution >= 4 is 23.8 Å². The van der Waals surface area contributed by atoms with E-state index in [1.807, 2.05) is 56.5 Å². The SMILES string of the molecule is C=CCN(C)[C@H]1C[C@@H](C)O[C@@](C)(O[C@@H]2[C@@H](C)C(OC(=O)Cc3cccnc3)[C@@H](C)C(=O)O[C@H](CC)[C@@]3(C)OC(=O)N(CCCCn4cnc(-c5ccoc5)c4)[C@@H]3[C@@H](C)C(=O)[C@H](C)C[C@@]2(C)OC)[C@@H]1O. The van der Waals surface area contributed by atoms with Crippen LogP contribution in [0.1, 0.15) is 100.0 Å². The first-order valence-corrected chi connectivity index (χ1v) is 24.5. The predicted molar refractivity (Wildman–Crippen MR) is 255 cm³/mol. The van der Waals surface area contributed by atoms with Crippen LogP contribution in [0.3, 0.4) is 0 Å². The number of methoxy groups -OCH3 is 1. The lowest BCUT2D eigenvalue weighted by atomic mass is 9.73. The zero-order valence-corrected chi connectivity index (χ0v) is 42.4. The number of aryl methyl sites for hydroxylation is 1. The molecular formula is C52H75N5O12. The van der Waals surface area contributed by atoms with Gasteiger partial charge in [-0.05, 0) is 91.5 Å². The summed E-state index contributed by atoms with van der Waals surface area (Å²) in [6.45, 7) is 21.3. The van der Waals surface area contributed by atoms with E-state index in [0.717, 1.165) is 11.3 Å². The number of hydrogen-bond donors (Lipinski definition) is 1. The number of fused-ring (bicyclic) bond motifs is 1. The summed E-state index contributed by atoms with van der Waals surface area (Å²) in [5.41, 5.74) is -0.525. The molecule has 0 saturated carbocycles. The fraction of sp³-hybridized carbons (Fsp3) is 0.654. The second kappa shape index (κ2) is 22.4.